The van der Waals surface area contributed by atoms with E-state index in [9.17, 15) is 19.8 Å². The van der Waals surface area contributed by atoms with E-state index in [1.807, 2.05) is 26.0 Å². The molecule has 0 fully saturated rings. The standard InChI is InChI=1S/C24H30O5/c1-16(8-6-9-17(2)19(25)13-14-23(4,5)27)12-15-24(28)22(26)21-18(3)10-7-11-20(21)29-24/h7,9-14,27-28H,6,8,15H2,1-5H3/b14-13+,16-12+,17-9+/t24-/m1/s1. The zero-order chi connectivity index (χ0) is 21.8. The Morgan fingerprint density at radius 1 is 1.24 bits per heavy atom. The van der Waals surface area contributed by atoms with Crippen LogP contribution in [-0.2, 0) is 4.79 Å². The molecule has 0 saturated carbocycles. The van der Waals surface area contributed by atoms with Crippen LogP contribution in [0.4, 0.5) is 0 Å². The number of hydrogen-bond donors (Lipinski definition) is 2. The number of hydrogen-bond acceptors (Lipinski definition) is 5. The molecule has 0 bridgehead atoms. The maximum atomic E-state index is 12.6. The molecule has 5 nitrogen and oxygen atoms in total. The molecule has 1 heterocycles. The highest BCUT2D eigenvalue weighted by Crippen LogP contribution is 2.37. The monoisotopic (exact) mass is 398 g/mol. The first-order chi connectivity index (χ1) is 13.4. The third-order valence-corrected chi connectivity index (χ3v) is 4.84. The van der Waals surface area contributed by atoms with Gasteiger partial charge in [0, 0.05) is 6.42 Å². The fourth-order valence-corrected chi connectivity index (χ4v) is 3.02. The SMILES string of the molecule is C/C(=C\C[C@@]1(O)Oc2cccc(C)c2C1=O)CC/C=C(\C)C(=O)/C=C/C(C)(C)O. The molecule has 0 unspecified atom stereocenters. The molecule has 5 heteroatoms. The summed E-state index contributed by atoms with van der Waals surface area (Å²) in [6.07, 6.45) is 7.92. The van der Waals surface area contributed by atoms with Crippen LogP contribution in [0.15, 0.2) is 53.6 Å². The van der Waals surface area contributed by atoms with Crippen molar-refractivity contribution in [3.05, 3.63) is 64.8 Å². The second-order valence-corrected chi connectivity index (χ2v) is 8.20. The fraction of sp³-hybridized carbons (Fsp3) is 0.417. The predicted octanol–water partition coefficient (Wildman–Crippen LogP) is 4.22. The highest BCUT2D eigenvalue weighted by Gasteiger charge is 2.46. The van der Waals surface area contributed by atoms with E-state index in [1.165, 1.54) is 12.2 Å². The van der Waals surface area contributed by atoms with Gasteiger partial charge in [0.15, 0.2) is 5.78 Å². The van der Waals surface area contributed by atoms with Gasteiger partial charge in [-0.15, -0.1) is 0 Å². The lowest BCUT2D eigenvalue weighted by Gasteiger charge is -2.19. The normalized spacial score (nSPS) is 20.2. The van der Waals surface area contributed by atoms with Gasteiger partial charge in [0.25, 0.3) is 5.79 Å². The number of allylic oxidation sites excluding steroid dienone is 4. The second-order valence-electron chi connectivity index (χ2n) is 8.20. The summed E-state index contributed by atoms with van der Waals surface area (Å²) >= 11 is 0. The Hall–Kier alpha value is -2.50. The average molecular weight is 398 g/mol. The van der Waals surface area contributed by atoms with Gasteiger partial charge in [-0.05, 0) is 76.8 Å². The molecule has 1 atom stereocenters. The number of carbonyl (C=O) groups excluding carboxylic acids is 2. The topological polar surface area (TPSA) is 83.8 Å². The van der Waals surface area contributed by atoms with Crippen molar-refractivity contribution >= 4 is 11.6 Å². The quantitative estimate of drug-likeness (QED) is 0.506. The Morgan fingerprint density at radius 3 is 2.55 bits per heavy atom. The van der Waals surface area contributed by atoms with Gasteiger partial charge in [0.2, 0.25) is 5.78 Å². The third kappa shape index (κ3) is 5.99. The third-order valence-electron chi connectivity index (χ3n) is 4.84. The average Bonchev–Trinajstić information content (AvgIpc) is 2.89. The Kier molecular flexibility index (Phi) is 6.98. The van der Waals surface area contributed by atoms with Crippen molar-refractivity contribution in [2.45, 2.75) is 65.3 Å². The van der Waals surface area contributed by atoms with Crippen LogP contribution in [-0.4, -0.2) is 33.2 Å². The summed E-state index contributed by atoms with van der Waals surface area (Å²) in [6, 6.07) is 5.30. The van der Waals surface area contributed by atoms with Gasteiger partial charge in [-0.3, -0.25) is 9.59 Å². The van der Waals surface area contributed by atoms with E-state index in [-0.39, 0.29) is 12.2 Å². The minimum atomic E-state index is -1.86. The van der Waals surface area contributed by atoms with Crippen LogP contribution in [0.3, 0.4) is 0 Å². The van der Waals surface area contributed by atoms with Crippen molar-refractivity contribution < 1.29 is 24.5 Å². The molecule has 1 aromatic rings. The van der Waals surface area contributed by atoms with Crippen molar-refractivity contribution in [2.75, 3.05) is 0 Å². The van der Waals surface area contributed by atoms with Gasteiger partial charge in [0.05, 0.1) is 11.2 Å². The largest absolute Gasteiger partial charge is 0.453 e. The first-order valence-corrected chi connectivity index (χ1v) is 9.77. The minimum Gasteiger partial charge on any atom is -0.453 e. The molecule has 0 aromatic heterocycles. The molecule has 29 heavy (non-hydrogen) atoms. The molecule has 0 saturated heterocycles. The summed E-state index contributed by atoms with van der Waals surface area (Å²) in [6.45, 7) is 8.69. The van der Waals surface area contributed by atoms with Gasteiger partial charge < -0.3 is 14.9 Å². The number of carbonyl (C=O) groups is 2. The molecule has 2 N–H and O–H groups in total. The van der Waals surface area contributed by atoms with E-state index in [4.69, 9.17) is 4.74 Å². The van der Waals surface area contributed by atoms with Crippen molar-refractivity contribution in [1.82, 2.24) is 0 Å². The van der Waals surface area contributed by atoms with Crippen molar-refractivity contribution in [1.29, 1.82) is 0 Å². The summed E-state index contributed by atoms with van der Waals surface area (Å²) in [5.41, 5.74) is 1.81. The molecule has 0 spiro atoms. The number of benzene rings is 1. The molecule has 156 valence electrons. The van der Waals surface area contributed by atoms with Gasteiger partial charge in [-0.2, -0.15) is 0 Å². The number of fused-ring (bicyclic) bond motifs is 1. The van der Waals surface area contributed by atoms with E-state index >= 15 is 0 Å². The van der Waals surface area contributed by atoms with E-state index in [2.05, 4.69) is 0 Å². The highest BCUT2D eigenvalue weighted by atomic mass is 16.6. The Balaban J connectivity index is 1.93. The molecule has 0 amide bonds. The Bertz CT molecular complexity index is 883. The Labute approximate surface area is 172 Å². The Morgan fingerprint density at radius 2 is 1.93 bits per heavy atom. The van der Waals surface area contributed by atoms with Crippen LogP contribution in [0, 0.1) is 6.92 Å². The van der Waals surface area contributed by atoms with Gasteiger partial charge in [0.1, 0.15) is 5.75 Å². The minimum absolute atomic E-state index is 0.0712. The molecule has 2 rings (SSSR count). The number of Topliss-reactive ketones (excluding diaryl/α,β-unsaturated/α-hetero) is 1. The van der Waals surface area contributed by atoms with Crippen LogP contribution >= 0.6 is 0 Å². The lowest BCUT2D eigenvalue weighted by Crippen LogP contribution is -2.39. The molecule has 1 aliphatic heterocycles. The lowest BCUT2D eigenvalue weighted by molar-refractivity contribution is -0.111. The highest BCUT2D eigenvalue weighted by molar-refractivity contribution is 6.07. The molecule has 0 aliphatic carbocycles. The van der Waals surface area contributed by atoms with E-state index < -0.39 is 17.2 Å². The summed E-state index contributed by atoms with van der Waals surface area (Å²) in [4.78, 5) is 24.6. The first-order valence-electron chi connectivity index (χ1n) is 9.77. The fourth-order valence-electron chi connectivity index (χ4n) is 3.02. The summed E-state index contributed by atoms with van der Waals surface area (Å²) in [5.74, 6) is -1.99. The molecule has 1 aliphatic rings. The smallest absolute Gasteiger partial charge is 0.276 e. The van der Waals surface area contributed by atoms with Gasteiger partial charge in [-0.1, -0.05) is 29.9 Å². The van der Waals surface area contributed by atoms with Gasteiger partial charge in [-0.25, -0.2) is 0 Å². The number of ketones is 2. The van der Waals surface area contributed by atoms with Crippen molar-refractivity contribution in [3.8, 4) is 5.75 Å². The number of aryl methyl sites for hydroxylation is 1. The zero-order valence-corrected chi connectivity index (χ0v) is 17.8. The first kappa shape index (κ1) is 22.8. The van der Waals surface area contributed by atoms with Crippen LogP contribution in [0.25, 0.3) is 0 Å². The maximum absolute atomic E-state index is 12.6. The number of ether oxygens (including phenoxy) is 1. The zero-order valence-electron chi connectivity index (χ0n) is 17.8. The van der Waals surface area contributed by atoms with E-state index in [0.29, 0.717) is 29.7 Å². The van der Waals surface area contributed by atoms with Crippen LogP contribution in [0.1, 0.15) is 62.9 Å². The van der Waals surface area contributed by atoms with E-state index in [0.717, 1.165) is 11.1 Å². The summed E-state index contributed by atoms with van der Waals surface area (Å²) < 4.78 is 5.54. The van der Waals surface area contributed by atoms with Crippen molar-refractivity contribution in [2.24, 2.45) is 0 Å². The number of rotatable bonds is 8. The molecule has 0 radical (unpaired) electrons. The van der Waals surface area contributed by atoms with Crippen LogP contribution in [0.2, 0.25) is 0 Å². The molecular formula is C24H30O5. The summed E-state index contributed by atoms with van der Waals surface area (Å²) in [7, 11) is 0. The van der Waals surface area contributed by atoms with Crippen molar-refractivity contribution in [3.63, 3.8) is 0 Å². The number of aliphatic hydroxyl groups is 2. The molecular weight excluding hydrogens is 368 g/mol. The summed E-state index contributed by atoms with van der Waals surface area (Å²) in [5, 5.41) is 20.3. The van der Waals surface area contributed by atoms with E-state index in [1.54, 1.807) is 39.0 Å². The second kappa shape index (κ2) is 8.89. The lowest BCUT2D eigenvalue weighted by atomic mass is 9.98. The van der Waals surface area contributed by atoms with Crippen LogP contribution < -0.4 is 4.74 Å². The maximum Gasteiger partial charge on any atom is 0.276 e. The predicted molar refractivity (Wildman–Crippen MR) is 113 cm³/mol. The van der Waals surface area contributed by atoms with Crippen LogP contribution in [0.5, 0.6) is 5.75 Å². The van der Waals surface area contributed by atoms with Gasteiger partial charge >= 0.3 is 0 Å². The molecule has 1 aromatic carbocycles.